The molecule has 4 fully saturated rings. The molecule has 2 aromatic carbocycles. The van der Waals surface area contributed by atoms with Gasteiger partial charge in [0.1, 0.15) is 104 Å². The first-order chi connectivity index (χ1) is 36.7. The smallest absolute Gasteiger partial charge is 0.407 e. The maximum absolute atomic E-state index is 13.3. The SMILES string of the molecule is CC(=O)N[C@H]1[C@H](OC2[C@@H](O)[C@H](OC3[C@@H](COC4O[C@H](CO)[C@@H](O)[C@H](O)[C@H]4NC(C)=O)O[C@@H](OCC(NC(=O)OCC4c5ccccc5-c5ccccc54)C(=O)O)[C@H](NC(C)=O)[C@H]3O)O[C@H](CO)[C@@H]2O)O[C@H](CO)[C@@H](O)[C@@H]1O. The minimum atomic E-state index is -2.18. The Hall–Kier alpha value is -5.13. The minimum Gasteiger partial charge on any atom is -0.480 e. The first-order valence-electron chi connectivity index (χ1n) is 24.6. The van der Waals surface area contributed by atoms with Gasteiger partial charge in [-0.3, -0.25) is 14.4 Å². The maximum atomic E-state index is 13.3. The summed E-state index contributed by atoms with van der Waals surface area (Å²) in [5, 5.41) is 128. The fraction of sp³-hybridized carbons (Fsp3) is 0.646. The number of aliphatic hydroxyl groups is 10. The molecule has 0 aromatic heterocycles. The number of fused-ring (bicyclic) bond motifs is 3. The normalized spacial score (nSPS) is 36.4. The largest absolute Gasteiger partial charge is 0.480 e. The number of carboxylic acids is 1. The monoisotopic (exact) mass is 1100 g/mol. The Labute approximate surface area is 438 Å². The topological polar surface area (TPSA) is 439 Å². The Kier molecular flexibility index (Phi) is 20.3. The Morgan fingerprint density at radius 3 is 1.48 bits per heavy atom. The molecule has 0 spiro atoms. The van der Waals surface area contributed by atoms with E-state index in [2.05, 4.69) is 21.3 Å². The second-order valence-corrected chi connectivity index (χ2v) is 19.1. The third kappa shape index (κ3) is 13.5. The molecule has 0 saturated carbocycles. The highest BCUT2D eigenvalue weighted by molar-refractivity contribution is 5.81. The molecule has 4 amide bonds. The molecule has 15 N–H and O–H groups in total. The van der Waals surface area contributed by atoms with Gasteiger partial charge in [0.2, 0.25) is 17.7 Å². The highest BCUT2D eigenvalue weighted by Crippen LogP contribution is 2.44. The number of nitrogens with one attached hydrogen (secondary N) is 4. The quantitative estimate of drug-likeness (QED) is 0.0586. The molecular formula is C48H66N4O25. The number of amides is 4. The van der Waals surface area contributed by atoms with Crippen LogP contribution in [-0.4, -0.2) is 254 Å². The lowest BCUT2D eigenvalue weighted by Gasteiger charge is -2.49. The van der Waals surface area contributed by atoms with Crippen LogP contribution in [0.3, 0.4) is 0 Å². The van der Waals surface area contributed by atoms with Crippen LogP contribution >= 0.6 is 0 Å². The third-order valence-electron chi connectivity index (χ3n) is 13.7. The van der Waals surface area contributed by atoms with E-state index in [0.717, 1.165) is 43.0 Å². The van der Waals surface area contributed by atoms with Crippen LogP contribution < -0.4 is 21.3 Å². The Morgan fingerprint density at radius 1 is 0.519 bits per heavy atom. The van der Waals surface area contributed by atoms with Gasteiger partial charge in [-0.25, -0.2) is 9.59 Å². The molecule has 0 bridgehead atoms. The van der Waals surface area contributed by atoms with Crippen molar-refractivity contribution in [3.8, 4) is 11.1 Å². The van der Waals surface area contributed by atoms with E-state index in [4.69, 9.17) is 42.6 Å². The number of carbonyl (C=O) groups excluding carboxylic acids is 4. The number of aliphatic carboxylic acids is 1. The molecule has 1 aliphatic carbocycles. The number of alkyl carbamates (subject to hydrolysis) is 1. The average Bonchev–Trinajstić information content (AvgIpc) is 3.72. The summed E-state index contributed by atoms with van der Waals surface area (Å²) < 4.78 is 52.7. The molecule has 21 atom stereocenters. The van der Waals surface area contributed by atoms with Crippen molar-refractivity contribution >= 4 is 29.8 Å². The van der Waals surface area contributed by atoms with Crippen LogP contribution in [0.25, 0.3) is 11.1 Å². The number of carboxylic acid groups (broad SMARTS) is 1. The zero-order valence-electron chi connectivity index (χ0n) is 41.7. The van der Waals surface area contributed by atoms with Gasteiger partial charge in [-0.15, -0.1) is 0 Å². The summed E-state index contributed by atoms with van der Waals surface area (Å²) >= 11 is 0. The molecule has 29 heteroatoms. The number of carbonyl (C=O) groups is 5. The van der Waals surface area contributed by atoms with Crippen molar-refractivity contribution in [1.29, 1.82) is 0 Å². The number of hydrogen-bond donors (Lipinski definition) is 15. The van der Waals surface area contributed by atoms with Crippen molar-refractivity contribution in [3.05, 3.63) is 59.7 Å². The summed E-state index contributed by atoms with van der Waals surface area (Å²) in [6, 6.07) is 8.31. The van der Waals surface area contributed by atoms with E-state index in [-0.39, 0.29) is 12.5 Å². The van der Waals surface area contributed by atoms with E-state index in [1.54, 1.807) is 0 Å². The van der Waals surface area contributed by atoms with Gasteiger partial charge < -0.3 is 120 Å². The molecule has 77 heavy (non-hydrogen) atoms. The van der Waals surface area contributed by atoms with Gasteiger partial charge in [0.05, 0.1) is 33.0 Å². The molecule has 29 nitrogen and oxygen atoms in total. The van der Waals surface area contributed by atoms with Gasteiger partial charge in [0.15, 0.2) is 31.2 Å². The van der Waals surface area contributed by atoms with Gasteiger partial charge in [0, 0.05) is 26.7 Å². The number of ether oxygens (including phenoxy) is 9. The predicted octanol–water partition coefficient (Wildman–Crippen LogP) is -6.30. The molecule has 5 aliphatic rings. The third-order valence-corrected chi connectivity index (χ3v) is 13.7. The Bertz CT molecular complexity index is 2310. The molecule has 428 valence electrons. The second kappa shape index (κ2) is 26.2. The number of benzene rings is 2. The molecule has 7 rings (SSSR count). The molecule has 4 aliphatic heterocycles. The van der Waals surface area contributed by atoms with Crippen LogP contribution in [0.1, 0.15) is 37.8 Å². The summed E-state index contributed by atoms with van der Waals surface area (Å²) in [7, 11) is 0. The molecule has 4 heterocycles. The van der Waals surface area contributed by atoms with Gasteiger partial charge in [-0.1, -0.05) is 48.5 Å². The highest BCUT2D eigenvalue weighted by Gasteiger charge is 2.55. The van der Waals surface area contributed by atoms with Crippen LogP contribution in [-0.2, 0) is 61.8 Å². The van der Waals surface area contributed by atoms with E-state index < -0.39 is 191 Å². The first-order valence-corrected chi connectivity index (χ1v) is 24.6. The van der Waals surface area contributed by atoms with Gasteiger partial charge in [-0.2, -0.15) is 0 Å². The van der Waals surface area contributed by atoms with Gasteiger partial charge in [0.25, 0.3) is 0 Å². The molecule has 4 saturated heterocycles. The van der Waals surface area contributed by atoms with Crippen molar-refractivity contribution in [3.63, 3.8) is 0 Å². The lowest BCUT2D eigenvalue weighted by Crippen LogP contribution is -2.69. The van der Waals surface area contributed by atoms with Crippen LogP contribution in [0.5, 0.6) is 0 Å². The Morgan fingerprint density at radius 2 is 0.961 bits per heavy atom. The zero-order valence-corrected chi connectivity index (χ0v) is 41.7. The fourth-order valence-electron chi connectivity index (χ4n) is 9.93. The minimum absolute atomic E-state index is 0.186. The van der Waals surface area contributed by atoms with E-state index >= 15 is 0 Å². The maximum Gasteiger partial charge on any atom is 0.407 e. The fourth-order valence-corrected chi connectivity index (χ4v) is 9.93. The van der Waals surface area contributed by atoms with Crippen molar-refractivity contribution in [1.82, 2.24) is 21.3 Å². The first kappa shape index (κ1) is 59.5. The predicted molar refractivity (Wildman–Crippen MR) is 252 cm³/mol. The van der Waals surface area contributed by atoms with Crippen molar-refractivity contribution < 1.29 is 123 Å². The van der Waals surface area contributed by atoms with Crippen LogP contribution in [0, 0.1) is 0 Å². The summed E-state index contributed by atoms with van der Waals surface area (Å²) in [6.07, 6.45) is -32.3. The van der Waals surface area contributed by atoms with E-state index in [1.165, 1.54) is 0 Å². The average molecular weight is 1100 g/mol. The van der Waals surface area contributed by atoms with Crippen molar-refractivity contribution in [2.75, 3.05) is 39.6 Å². The molecule has 0 radical (unpaired) electrons. The van der Waals surface area contributed by atoms with Crippen molar-refractivity contribution in [2.24, 2.45) is 0 Å². The van der Waals surface area contributed by atoms with Gasteiger partial charge >= 0.3 is 12.1 Å². The summed E-state index contributed by atoms with van der Waals surface area (Å²) in [4.78, 5) is 63.1. The van der Waals surface area contributed by atoms with Crippen LogP contribution in [0.4, 0.5) is 4.79 Å². The number of hydrogen-bond acceptors (Lipinski definition) is 24. The van der Waals surface area contributed by atoms with Gasteiger partial charge in [-0.05, 0) is 22.3 Å². The highest BCUT2D eigenvalue weighted by atomic mass is 16.8. The second-order valence-electron chi connectivity index (χ2n) is 19.1. The Balaban J connectivity index is 1.14. The summed E-state index contributed by atoms with van der Waals surface area (Å²) in [5.74, 6) is -4.29. The van der Waals surface area contributed by atoms with Crippen LogP contribution in [0.2, 0.25) is 0 Å². The van der Waals surface area contributed by atoms with E-state index in [0.29, 0.717) is 0 Å². The standard InChI is InChI=1S/C48H66N4O25/c1-18(56)49-31-37(62)34(59)27(12-53)72-44(31)70-17-30-41(76-47-40(65)42(36(61)29(14-55)74-47)77-46-32(50-19(2)57)38(63)35(60)28(13-54)73-46)39(64)33(51-20(3)58)45(75-30)69-16-26(43(66)67)52-48(68)71-15-25-23-10-6-4-8-21(23)22-9-5-7-11-24(22)25/h4-11,25-42,44-47,53-55,59-65H,12-17H2,1-3H3,(H,49,56)(H,50,57)(H,51,58)(H,52,68)(H,66,67)/t26?,27-,28-,29-,30-,31-,32-,33-,34-,35-,36+,37-,38-,39-,40-,41?,42?,44?,45-,46+,47+/m1/s1. The van der Waals surface area contributed by atoms with Crippen molar-refractivity contribution in [2.45, 2.75) is 155 Å². The van der Waals surface area contributed by atoms with E-state index in [9.17, 15) is 80.1 Å². The lowest BCUT2D eigenvalue weighted by molar-refractivity contribution is -0.371. The molecule has 2 aromatic rings. The summed E-state index contributed by atoms with van der Waals surface area (Å²) in [5.41, 5.74) is 3.65. The lowest BCUT2D eigenvalue weighted by atomic mass is 9.94. The zero-order chi connectivity index (χ0) is 56.0. The molecular weight excluding hydrogens is 1030 g/mol. The number of rotatable bonds is 20. The van der Waals surface area contributed by atoms with E-state index in [1.807, 2.05) is 48.5 Å². The van der Waals surface area contributed by atoms with Crippen LogP contribution in [0.15, 0.2) is 48.5 Å². The summed E-state index contributed by atoms with van der Waals surface area (Å²) in [6.45, 7) is -1.49. The molecule has 4 unspecified atom stereocenters. The number of aliphatic hydroxyl groups excluding tert-OH is 10.